The van der Waals surface area contributed by atoms with Crippen molar-refractivity contribution in [3.8, 4) is 12.3 Å². The molecular formula is C20H16ClFN2O3S2. The van der Waals surface area contributed by atoms with Crippen LogP contribution >= 0.6 is 22.9 Å². The molecule has 0 radical (unpaired) electrons. The fourth-order valence-electron chi connectivity index (χ4n) is 2.75. The molecule has 150 valence electrons. The molecule has 0 bridgehead atoms. The van der Waals surface area contributed by atoms with Crippen LogP contribution in [0.5, 0.6) is 0 Å². The van der Waals surface area contributed by atoms with Crippen LogP contribution in [0.1, 0.15) is 12.8 Å². The van der Waals surface area contributed by atoms with Gasteiger partial charge in [-0.25, -0.2) is 12.8 Å². The molecule has 0 unspecified atom stereocenters. The van der Waals surface area contributed by atoms with Gasteiger partial charge in [0, 0.05) is 11.4 Å². The highest BCUT2D eigenvalue weighted by Gasteiger charge is 2.15. The van der Waals surface area contributed by atoms with Gasteiger partial charge in [-0.1, -0.05) is 34.9 Å². The number of carbonyl (C=O) groups is 1. The third kappa shape index (κ3) is 4.93. The fourth-order valence-corrected chi connectivity index (χ4v) is 5.24. The molecule has 1 aromatic heterocycles. The van der Waals surface area contributed by atoms with Gasteiger partial charge < -0.3 is 4.57 Å². The van der Waals surface area contributed by atoms with Crippen molar-refractivity contribution in [2.45, 2.75) is 24.3 Å². The Labute approximate surface area is 176 Å². The van der Waals surface area contributed by atoms with Crippen LogP contribution in [0.3, 0.4) is 0 Å². The fraction of sp³-hybridized carbons (Fsp3) is 0.200. The number of hydrogen-bond donors (Lipinski definition) is 0. The quantitative estimate of drug-likeness (QED) is 0.536. The predicted molar refractivity (Wildman–Crippen MR) is 112 cm³/mol. The summed E-state index contributed by atoms with van der Waals surface area (Å²) in [6.45, 7) is 0.0675. The highest BCUT2D eigenvalue weighted by Crippen LogP contribution is 2.20. The Hall–Kier alpha value is -2.47. The number of thiazole rings is 1. The second-order valence-corrected chi connectivity index (χ2v) is 9.70. The summed E-state index contributed by atoms with van der Waals surface area (Å²) >= 11 is 6.92. The van der Waals surface area contributed by atoms with Crippen LogP contribution in [-0.2, 0) is 21.2 Å². The van der Waals surface area contributed by atoms with Crippen molar-refractivity contribution in [2.24, 2.45) is 4.99 Å². The van der Waals surface area contributed by atoms with Crippen LogP contribution in [0.2, 0.25) is 5.02 Å². The van der Waals surface area contributed by atoms with Crippen LogP contribution in [0.15, 0.2) is 52.4 Å². The number of halogens is 2. The summed E-state index contributed by atoms with van der Waals surface area (Å²) in [6.07, 6.45) is 5.42. The van der Waals surface area contributed by atoms with E-state index >= 15 is 0 Å². The van der Waals surface area contributed by atoms with E-state index in [1.165, 1.54) is 34.9 Å². The number of nitrogens with zero attached hydrogens (tertiary/aromatic N) is 2. The van der Waals surface area contributed by atoms with Gasteiger partial charge in [0.25, 0.3) is 0 Å². The van der Waals surface area contributed by atoms with E-state index in [-0.39, 0.29) is 34.8 Å². The summed E-state index contributed by atoms with van der Waals surface area (Å²) in [5, 5.41) is 0.443. The maximum Gasteiger partial charge on any atom is 0.248 e. The second kappa shape index (κ2) is 8.91. The van der Waals surface area contributed by atoms with Crippen molar-refractivity contribution in [1.29, 1.82) is 0 Å². The van der Waals surface area contributed by atoms with E-state index < -0.39 is 21.6 Å². The first kappa shape index (κ1) is 21.2. The molecule has 2 aromatic carbocycles. The topological polar surface area (TPSA) is 68.5 Å². The van der Waals surface area contributed by atoms with Gasteiger partial charge >= 0.3 is 0 Å². The van der Waals surface area contributed by atoms with Crippen molar-refractivity contribution in [3.05, 3.63) is 58.1 Å². The predicted octanol–water partition coefficient (Wildman–Crippen LogP) is 3.81. The largest absolute Gasteiger partial charge is 0.302 e. The first-order chi connectivity index (χ1) is 13.8. The van der Waals surface area contributed by atoms with Gasteiger partial charge in [-0.15, -0.1) is 6.42 Å². The van der Waals surface area contributed by atoms with Gasteiger partial charge in [0.2, 0.25) is 5.91 Å². The number of benzene rings is 2. The number of para-hydroxylation sites is 1. The molecule has 1 heterocycles. The average Bonchev–Trinajstić information content (AvgIpc) is 3.00. The van der Waals surface area contributed by atoms with E-state index in [1.807, 2.05) is 0 Å². The Morgan fingerprint density at radius 1 is 1.24 bits per heavy atom. The number of amides is 1. The Morgan fingerprint density at radius 3 is 2.66 bits per heavy atom. The summed E-state index contributed by atoms with van der Waals surface area (Å²) in [5.41, 5.74) is 0.298. The molecule has 5 nitrogen and oxygen atoms in total. The molecule has 3 rings (SSSR count). The van der Waals surface area contributed by atoms with Crippen molar-refractivity contribution in [3.63, 3.8) is 0 Å². The van der Waals surface area contributed by atoms with Gasteiger partial charge in [-0.05, 0) is 42.8 Å². The molecule has 9 heteroatoms. The van der Waals surface area contributed by atoms with Crippen LogP contribution in [-0.4, -0.2) is 24.6 Å². The van der Waals surface area contributed by atoms with Gasteiger partial charge in [0.05, 0.1) is 27.4 Å². The number of sulfone groups is 1. The molecule has 3 aromatic rings. The average molecular weight is 451 g/mol. The van der Waals surface area contributed by atoms with E-state index in [0.29, 0.717) is 15.2 Å². The van der Waals surface area contributed by atoms with Crippen molar-refractivity contribution < 1.29 is 17.6 Å². The number of aromatic nitrogens is 1. The van der Waals surface area contributed by atoms with E-state index in [4.69, 9.17) is 18.0 Å². The zero-order chi connectivity index (χ0) is 21.0. The third-order valence-corrected chi connectivity index (χ3v) is 7.21. The van der Waals surface area contributed by atoms with Gasteiger partial charge in [0.15, 0.2) is 14.6 Å². The minimum Gasteiger partial charge on any atom is -0.302 e. The van der Waals surface area contributed by atoms with E-state index in [2.05, 4.69) is 10.9 Å². The standard InChI is InChI=1S/C20H16ClFN2O3S2/c1-2-12-24-19-16(22)5-3-6-17(19)28-20(24)23-18(25)7-4-13-29(26,27)15-10-8-14(21)9-11-15/h1,3,5-6,8-11H,4,7,12-13H2. The molecule has 0 aliphatic rings. The number of rotatable bonds is 6. The molecule has 0 spiro atoms. The molecule has 0 saturated carbocycles. The molecule has 0 aliphatic heterocycles. The van der Waals surface area contributed by atoms with Gasteiger partial charge in [-0.3, -0.25) is 4.79 Å². The van der Waals surface area contributed by atoms with Gasteiger partial charge in [0.1, 0.15) is 5.82 Å². The Balaban J connectivity index is 1.76. The lowest BCUT2D eigenvalue weighted by Gasteiger charge is -2.03. The zero-order valence-electron chi connectivity index (χ0n) is 15.1. The van der Waals surface area contributed by atoms with Crippen molar-refractivity contribution in [1.82, 2.24) is 4.57 Å². The molecule has 1 amide bonds. The first-order valence-electron chi connectivity index (χ1n) is 8.59. The van der Waals surface area contributed by atoms with Crippen LogP contribution < -0.4 is 4.80 Å². The summed E-state index contributed by atoms with van der Waals surface area (Å²) in [6, 6.07) is 10.5. The van der Waals surface area contributed by atoms with Gasteiger partial charge in [-0.2, -0.15) is 4.99 Å². The summed E-state index contributed by atoms with van der Waals surface area (Å²) < 4.78 is 40.9. The summed E-state index contributed by atoms with van der Waals surface area (Å²) in [7, 11) is -3.52. The lowest BCUT2D eigenvalue weighted by molar-refractivity contribution is -0.118. The smallest absolute Gasteiger partial charge is 0.248 e. The summed E-state index contributed by atoms with van der Waals surface area (Å²) in [4.78, 5) is 16.7. The lowest BCUT2D eigenvalue weighted by Crippen LogP contribution is -2.17. The third-order valence-electron chi connectivity index (χ3n) is 4.10. The maximum absolute atomic E-state index is 14.2. The number of carbonyl (C=O) groups excluding carboxylic acids is 1. The lowest BCUT2D eigenvalue weighted by atomic mass is 10.3. The maximum atomic E-state index is 14.2. The minimum absolute atomic E-state index is 0.0560. The van der Waals surface area contributed by atoms with E-state index in [0.717, 1.165) is 11.3 Å². The SMILES string of the molecule is C#CCn1c(=NC(=O)CCCS(=O)(=O)c2ccc(Cl)cc2)sc2cccc(F)c21. The minimum atomic E-state index is -3.52. The highest BCUT2D eigenvalue weighted by atomic mass is 35.5. The number of terminal acetylenes is 1. The monoisotopic (exact) mass is 450 g/mol. The second-order valence-electron chi connectivity index (χ2n) is 6.14. The Morgan fingerprint density at radius 2 is 1.97 bits per heavy atom. The molecule has 0 atom stereocenters. The zero-order valence-corrected chi connectivity index (χ0v) is 17.5. The highest BCUT2D eigenvalue weighted by molar-refractivity contribution is 7.91. The number of fused-ring (bicyclic) bond motifs is 1. The molecular weight excluding hydrogens is 435 g/mol. The first-order valence-corrected chi connectivity index (χ1v) is 11.4. The van der Waals surface area contributed by atoms with E-state index in [1.54, 1.807) is 12.1 Å². The Kier molecular flexibility index (Phi) is 6.52. The molecule has 0 fully saturated rings. The normalized spacial score (nSPS) is 12.2. The van der Waals surface area contributed by atoms with E-state index in [9.17, 15) is 17.6 Å². The van der Waals surface area contributed by atoms with Crippen LogP contribution in [0.25, 0.3) is 10.2 Å². The Bertz CT molecular complexity index is 1270. The van der Waals surface area contributed by atoms with Crippen LogP contribution in [0.4, 0.5) is 4.39 Å². The van der Waals surface area contributed by atoms with Crippen molar-refractivity contribution >= 4 is 48.9 Å². The van der Waals surface area contributed by atoms with Crippen LogP contribution in [0, 0.1) is 18.2 Å². The molecule has 0 aliphatic carbocycles. The summed E-state index contributed by atoms with van der Waals surface area (Å²) in [5.74, 6) is 1.30. The molecule has 29 heavy (non-hydrogen) atoms. The van der Waals surface area contributed by atoms with Crippen molar-refractivity contribution in [2.75, 3.05) is 5.75 Å². The number of hydrogen-bond acceptors (Lipinski definition) is 4. The molecule has 0 saturated heterocycles. The molecule has 0 N–H and O–H groups in total.